The van der Waals surface area contributed by atoms with Crippen molar-refractivity contribution in [3.63, 3.8) is 0 Å². The number of carbonyl (C=O) groups excluding carboxylic acids is 1. The average Bonchev–Trinajstić information content (AvgIpc) is 2.49. The molecular weight excluding hydrogens is 264 g/mol. The summed E-state index contributed by atoms with van der Waals surface area (Å²) < 4.78 is 5.42. The SMILES string of the molecule is CCCCCCCNC(=O)CNc1cccc(OCC)c1. The van der Waals surface area contributed by atoms with Gasteiger partial charge < -0.3 is 15.4 Å². The molecule has 0 aliphatic carbocycles. The molecule has 118 valence electrons. The van der Waals surface area contributed by atoms with Crippen molar-refractivity contribution in [3.05, 3.63) is 24.3 Å². The number of rotatable bonds is 11. The molecule has 2 N–H and O–H groups in total. The molecule has 0 unspecified atom stereocenters. The molecule has 0 aromatic heterocycles. The minimum atomic E-state index is 0.0345. The van der Waals surface area contributed by atoms with Crippen molar-refractivity contribution < 1.29 is 9.53 Å². The summed E-state index contributed by atoms with van der Waals surface area (Å²) in [5.74, 6) is 0.853. The average molecular weight is 292 g/mol. The van der Waals surface area contributed by atoms with Gasteiger partial charge in [-0.1, -0.05) is 38.7 Å². The van der Waals surface area contributed by atoms with Crippen molar-refractivity contribution in [1.82, 2.24) is 5.32 Å². The van der Waals surface area contributed by atoms with Gasteiger partial charge >= 0.3 is 0 Å². The second-order valence-corrected chi connectivity index (χ2v) is 5.08. The molecule has 1 amide bonds. The van der Waals surface area contributed by atoms with Gasteiger partial charge in [-0.15, -0.1) is 0 Å². The van der Waals surface area contributed by atoms with Crippen LogP contribution in [-0.2, 0) is 4.79 Å². The lowest BCUT2D eigenvalue weighted by molar-refractivity contribution is -0.119. The van der Waals surface area contributed by atoms with Crippen LogP contribution in [0.1, 0.15) is 46.0 Å². The van der Waals surface area contributed by atoms with E-state index in [1.807, 2.05) is 31.2 Å². The van der Waals surface area contributed by atoms with Gasteiger partial charge in [0.15, 0.2) is 0 Å². The Kier molecular flexibility index (Phi) is 9.09. The summed E-state index contributed by atoms with van der Waals surface area (Å²) in [6.45, 7) is 5.86. The van der Waals surface area contributed by atoms with Crippen LogP contribution in [0, 0.1) is 0 Å². The number of anilines is 1. The second-order valence-electron chi connectivity index (χ2n) is 5.08. The number of amides is 1. The van der Waals surface area contributed by atoms with Gasteiger partial charge in [-0.05, 0) is 25.5 Å². The first-order chi connectivity index (χ1) is 10.3. The molecule has 0 radical (unpaired) electrons. The van der Waals surface area contributed by atoms with Gasteiger partial charge in [0.05, 0.1) is 13.2 Å². The topological polar surface area (TPSA) is 50.4 Å². The minimum Gasteiger partial charge on any atom is -0.494 e. The molecule has 0 spiro atoms. The van der Waals surface area contributed by atoms with E-state index in [1.54, 1.807) is 0 Å². The van der Waals surface area contributed by atoms with Crippen LogP contribution in [0.15, 0.2) is 24.3 Å². The maximum Gasteiger partial charge on any atom is 0.239 e. The van der Waals surface area contributed by atoms with Gasteiger partial charge in [0, 0.05) is 18.3 Å². The smallest absolute Gasteiger partial charge is 0.239 e. The molecule has 1 rings (SSSR count). The third-order valence-corrected chi connectivity index (χ3v) is 3.20. The summed E-state index contributed by atoms with van der Waals surface area (Å²) in [6.07, 6.45) is 6.04. The Morgan fingerprint density at radius 1 is 1.14 bits per heavy atom. The van der Waals surface area contributed by atoms with Crippen LogP contribution in [0.25, 0.3) is 0 Å². The number of unbranched alkanes of at least 4 members (excludes halogenated alkanes) is 4. The van der Waals surface area contributed by atoms with E-state index in [0.717, 1.165) is 24.4 Å². The predicted molar refractivity (Wildman–Crippen MR) is 87.9 cm³/mol. The second kappa shape index (κ2) is 11.0. The van der Waals surface area contributed by atoms with Crippen LogP contribution in [0.4, 0.5) is 5.69 Å². The standard InChI is InChI=1S/C17H28N2O2/c1-3-5-6-7-8-12-18-17(20)14-19-15-10-9-11-16(13-15)21-4-2/h9-11,13,19H,3-8,12,14H2,1-2H3,(H,18,20). The van der Waals surface area contributed by atoms with E-state index >= 15 is 0 Å². The monoisotopic (exact) mass is 292 g/mol. The molecule has 0 saturated carbocycles. The molecule has 4 heteroatoms. The van der Waals surface area contributed by atoms with E-state index in [0.29, 0.717) is 13.2 Å². The third-order valence-electron chi connectivity index (χ3n) is 3.20. The van der Waals surface area contributed by atoms with Crippen LogP contribution >= 0.6 is 0 Å². The van der Waals surface area contributed by atoms with Crippen molar-refractivity contribution in [3.8, 4) is 5.75 Å². The fourth-order valence-corrected chi connectivity index (χ4v) is 2.06. The molecule has 1 aromatic carbocycles. The van der Waals surface area contributed by atoms with Crippen LogP contribution in [-0.4, -0.2) is 25.6 Å². The Labute approximate surface area is 128 Å². The molecule has 1 aromatic rings. The van der Waals surface area contributed by atoms with Crippen LogP contribution in [0.3, 0.4) is 0 Å². The quantitative estimate of drug-likeness (QED) is 0.613. The van der Waals surface area contributed by atoms with E-state index in [2.05, 4.69) is 17.6 Å². The number of ether oxygens (including phenoxy) is 1. The third kappa shape index (κ3) is 8.23. The Balaban J connectivity index is 2.16. The van der Waals surface area contributed by atoms with Crippen molar-refractivity contribution in [2.75, 3.05) is 25.0 Å². The van der Waals surface area contributed by atoms with Crippen LogP contribution < -0.4 is 15.4 Å². The predicted octanol–water partition coefficient (Wildman–Crippen LogP) is 3.58. The fourth-order valence-electron chi connectivity index (χ4n) is 2.06. The van der Waals surface area contributed by atoms with Crippen molar-refractivity contribution >= 4 is 11.6 Å². The molecule has 0 bridgehead atoms. The molecule has 0 heterocycles. The fraction of sp³-hybridized carbons (Fsp3) is 0.588. The molecule has 0 saturated heterocycles. The zero-order valence-corrected chi connectivity index (χ0v) is 13.3. The highest BCUT2D eigenvalue weighted by Crippen LogP contribution is 2.16. The number of nitrogens with one attached hydrogen (secondary N) is 2. The highest BCUT2D eigenvalue weighted by atomic mass is 16.5. The summed E-state index contributed by atoms with van der Waals surface area (Å²) >= 11 is 0. The number of hydrogen-bond acceptors (Lipinski definition) is 3. The molecule has 0 aliphatic heterocycles. The zero-order valence-electron chi connectivity index (χ0n) is 13.3. The van der Waals surface area contributed by atoms with Gasteiger partial charge in [-0.2, -0.15) is 0 Å². The van der Waals surface area contributed by atoms with Gasteiger partial charge in [-0.3, -0.25) is 4.79 Å². The van der Waals surface area contributed by atoms with E-state index in [-0.39, 0.29) is 5.91 Å². The van der Waals surface area contributed by atoms with E-state index < -0.39 is 0 Å². The molecule has 0 fully saturated rings. The number of benzene rings is 1. The molecule has 21 heavy (non-hydrogen) atoms. The summed E-state index contributed by atoms with van der Waals surface area (Å²) in [4.78, 5) is 11.7. The lowest BCUT2D eigenvalue weighted by Crippen LogP contribution is -2.30. The Hall–Kier alpha value is -1.71. The number of hydrogen-bond donors (Lipinski definition) is 2. The highest BCUT2D eigenvalue weighted by molar-refractivity contribution is 5.80. The first-order valence-electron chi connectivity index (χ1n) is 7.99. The van der Waals surface area contributed by atoms with Gasteiger partial charge in [0.2, 0.25) is 5.91 Å². The summed E-state index contributed by atoms with van der Waals surface area (Å²) in [7, 11) is 0. The maximum absolute atomic E-state index is 11.7. The van der Waals surface area contributed by atoms with Crippen molar-refractivity contribution in [2.24, 2.45) is 0 Å². The summed E-state index contributed by atoms with van der Waals surface area (Å²) in [5.41, 5.74) is 0.902. The van der Waals surface area contributed by atoms with Crippen LogP contribution in [0.2, 0.25) is 0 Å². The maximum atomic E-state index is 11.7. The Morgan fingerprint density at radius 2 is 1.95 bits per heavy atom. The molecular formula is C17H28N2O2. The summed E-state index contributed by atoms with van der Waals surface area (Å²) in [5, 5.41) is 6.05. The molecule has 0 atom stereocenters. The van der Waals surface area contributed by atoms with Gasteiger partial charge in [-0.25, -0.2) is 0 Å². The first-order valence-corrected chi connectivity index (χ1v) is 7.99. The normalized spacial score (nSPS) is 10.2. The van der Waals surface area contributed by atoms with Crippen LogP contribution in [0.5, 0.6) is 5.75 Å². The number of carbonyl (C=O) groups is 1. The summed E-state index contributed by atoms with van der Waals surface area (Å²) in [6, 6.07) is 7.66. The van der Waals surface area contributed by atoms with Gasteiger partial charge in [0.25, 0.3) is 0 Å². The Morgan fingerprint density at radius 3 is 2.71 bits per heavy atom. The Bertz CT molecular complexity index is 408. The molecule has 0 aliphatic rings. The molecule has 4 nitrogen and oxygen atoms in total. The minimum absolute atomic E-state index is 0.0345. The largest absolute Gasteiger partial charge is 0.494 e. The lowest BCUT2D eigenvalue weighted by Gasteiger charge is -2.09. The van der Waals surface area contributed by atoms with E-state index in [9.17, 15) is 4.79 Å². The van der Waals surface area contributed by atoms with E-state index in [1.165, 1.54) is 25.7 Å². The van der Waals surface area contributed by atoms with E-state index in [4.69, 9.17) is 4.74 Å². The van der Waals surface area contributed by atoms with Gasteiger partial charge in [0.1, 0.15) is 5.75 Å². The highest BCUT2D eigenvalue weighted by Gasteiger charge is 2.01. The lowest BCUT2D eigenvalue weighted by atomic mass is 10.1. The van der Waals surface area contributed by atoms with Crippen molar-refractivity contribution in [2.45, 2.75) is 46.0 Å². The zero-order chi connectivity index (χ0) is 15.3. The first kappa shape index (κ1) is 17.3. The van der Waals surface area contributed by atoms with Crippen molar-refractivity contribution in [1.29, 1.82) is 0 Å².